The summed E-state index contributed by atoms with van der Waals surface area (Å²) in [5.41, 5.74) is 9.73. The van der Waals surface area contributed by atoms with Crippen molar-refractivity contribution >= 4 is 11.1 Å². The minimum Gasteiger partial charge on any atom is -0.436 e. The van der Waals surface area contributed by atoms with Gasteiger partial charge in [-0.3, -0.25) is 0 Å². The number of fused-ring (bicyclic) bond motifs is 1. The van der Waals surface area contributed by atoms with Crippen LogP contribution < -0.4 is 0 Å². The van der Waals surface area contributed by atoms with Gasteiger partial charge in [-0.05, 0) is 48.2 Å². The molecule has 0 spiro atoms. The Hall–Kier alpha value is -3.65. The van der Waals surface area contributed by atoms with Crippen molar-refractivity contribution in [2.24, 2.45) is 0 Å². The second-order valence-electron chi connectivity index (χ2n) is 7.45. The first-order valence-corrected chi connectivity index (χ1v) is 9.82. The van der Waals surface area contributed by atoms with Crippen molar-refractivity contribution in [1.82, 2.24) is 4.98 Å². The molecule has 1 aromatic heterocycles. The molecule has 0 atom stereocenters. The number of hydrogen-bond donors (Lipinski definition) is 0. The van der Waals surface area contributed by atoms with Crippen LogP contribution >= 0.6 is 0 Å². The first kappa shape index (κ1) is 17.4. The Bertz CT molecular complexity index is 1200. The third kappa shape index (κ3) is 3.23. The highest BCUT2D eigenvalue weighted by atomic mass is 16.3. The van der Waals surface area contributed by atoms with E-state index in [9.17, 15) is 0 Å². The van der Waals surface area contributed by atoms with Crippen molar-refractivity contribution in [2.75, 3.05) is 0 Å². The molecular weight excluding hydrogens is 354 g/mol. The van der Waals surface area contributed by atoms with Crippen LogP contribution in [0.15, 0.2) is 95.4 Å². The zero-order chi connectivity index (χ0) is 19.8. The van der Waals surface area contributed by atoms with E-state index in [2.05, 4.69) is 80.6 Å². The largest absolute Gasteiger partial charge is 0.436 e. The lowest BCUT2D eigenvalue weighted by Crippen LogP contribution is -1.91. The van der Waals surface area contributed by atoms with Crippen molar-refractivity contribution in [1.29, 1.82) is 0 Å². The highest BCUT2D eigenvalue weighted by molar-refractivity contribution is 5.93. The van der Waals surface area contributed by atoms with Crippen LogP contribution in [0.1, 0.15) is 11.1 Å². The Balaban J connectivity index is 1.80. The molecule has 29 heavy (non-hydrogen) atoms. The molecule has 0 aliphatic heterocycles. The fourth-order valence-corrected chi connectivity index (χ4v) is 3.71. The molecule has 5 aromatic rings. The highest BCUT2D eigenvalue weighted by Crippen LogP contribution is 2.40. The molecule has 0 aliphatic carbocycles. The monoisotopic (exact) mass is 375 g/mol. The Morgan fingerprint density at radius 1 is 0.586 bits per heavy atom. The van der Waals surface area contributed by atoms with Gasteiger partial charge in [0.1, 0.15) is 5.52 Å². The number of nitrogens with zero attached hydrogens (tertiary/aromatic N) is 1. The van der Waals surface area contributed by atoms with Crippen molar-refractivity contribution in [3.8, 4) is 33.7 Å². The maximum Gasteiger partial charge on any atom is 0.228 e. The molecule has 0 unspecified atom stereocenters. The summed E-state index contributed by atoms with van der Waals surface area (Å²) >= 11 is 0. The van der Waals surface area contributed by atoms with Gasteiger partial charge in [0.2, 0.25) is 5.89 Å². The molecule has 0 saturated heterocycles. The zero-order valence-electron chi connectivity index (χ0n) is 16.5. The summed E-state index contributed by atoms with van der Waals surface area (Å²) in [5, 5.41) is 0. The van der Waals surface area contributed by atoms with Crippen LogP contribution in [0.2, 0.25) is 0 Å². The molecule has 0 bridgehead atoms. The predicted molar refractivity (Wildman–Crippen MR) is 120 cm³/mol. The Labute approximate surface area is 170 Å². The summed E-state index contributed by atoms with van der Waals surface area (Å²) in [6.07, 6.45) is 0. The van der Waals surface area contributed by atoms with Gasteiger partial charge in [-0.1, -0.05) is 90.0 Å². The van der Waals surface area contributed by atoms with E-state index in [0.29, 0.717) is 5.89 Å². The number of hydrogen-bond acceptors (Lipinski definition) is 2. The summed E-state index contributed by atoms with van der Waals surface area (Å²) in [5.74, 6) is 0.651. The maximum atomic E-state index is 6.21. The molecule has 0 aliphatic rings. The van der Waals surface area contributed by atoms with E-state index in [1.807, 2.05) is 24.3 Å². The molecule has 1 heterocycles. The zero-order valence-corrected chi connectivity index (χ0v) is 16.5. The van der Waals surface area contributed by atoms with Crippen LogP contribution in [0, 0.1) is 13.8 Å². The number of benzene rings is 4. The van der Waals surface area contributed by atoms with Gasteiger partial charge < -0.3 is 4.42 Å². The van der Waals surface area contributed by atoms with Gasteiger partial charge >= 0.3 is 0 Å². The van der Waals surface area contributed by atoms with Gasteiger partial charge in [0.25, 0.3) is 0 Å². The predicted octanol–water partition coefficient (Wildman–Crippen LogP) is 7.45. The molecule has 0 N–H and O–H groups in total. The molecule has 2 heteroatoms. The maximum absolute atomic E-state index is 6.21. The third-order valence-corrected chi connectivity index (χ3v) is 5.30. The molecule has 0 radical (unpaired) electrons. The SMILES string of the molecule is Cc1ccc(-c2cccc(-c3ccc(C)cc3)c2-c2nc3ccccc3o2)cc1. The average Bonchev–Trinajstić information content (AvgIpc) is 3.18. The Morgan fingerprint density at radius 3 is 1.69 bits per heavy atom. The molecule has 0 fully saturated rings. The molecule has 4 aromatic carbocycles. The molecule has 2 nitrogen and oxygen atoms in total. The third-order valence-electron chi connectivity index (χ3n) is 5.30. The normalized spacial score (nSPS) is 11.1. The first-order valence-electron chi connectivity index (χ1n) is 9.82. The molecule has 5 rings (SSSR count). The summed E-state index contributed by atoms with van der Waals surface area (Å²) in [6, 6.07) is 31.5. The average molecular weight is 375 g/mol. The van der Waals surface area contributed by atoms with E-state index < -0.39 is 0 Å². The van der Waals surface area contributed by atoms with Gasteiger partial charge in [-0.15, -0.1) is 0 Å². The number of para-hydroxylation sites is 2. The lowest BCUT2D eigenvalue weighted by molar-refractivity contribution is 0.620. The quantitative estimate of drug-likeness (QED) is 0.327. The topological polar surface area (TPSA) is 26.0 Å². The molecule has 0 saturated carbocycles. The number of oxazole rings is 1. The Kier molecular flexibility index (Phi) is 4.25. The van der Waals surface area contributed by atoms with Crippen molar-refractivity contribution in [3.63, 3.8) is 0 Å². The molecule has 140 valence electrons. The fourth-order valence-electron chi connectivity index (χ4n) is 3.71. The smallest absolute Gasteiger partial charge is 0.228 e. The van der Waals surface area contributed by atoms with Crippen LogP contribution in [0.5, 0.6) is 0 Å². The van der Waals surface area contributed by atoms with Crippen molar-refractivity contribution < 1.29 is 4.42 Å². The van der Waals surface area contributed by atoms with E-state index in [4.69, 9.17) is 9.40 Å². The minimum absolute atomic E-state index is 0.651. The summed E-state index contributed by atoms with van der Waals surface area (Å²) in [4.78, 5) is 4.82. The van der Waals surface area contributed by atoms with Crippen LogP contribution in [-0.2, 0) is 0 Å². The van der Waals surface area contributed by atoms with Gasteiger partial charge in [0, 0.05) is 0 Å². The van der Waals surface area contributed by atoms with E-state index in [-0.39, 0.29) is 0 Å². The number of aromatic nitrogens is 1. The number of rotatable bonds is 3. The van der Waals surface area contributed by atoms with E-state index in [1.54, 1.807) is 0 Å². The van der Waals surface area contributed by atoms with E-state index >= 15 is 0 Å². The van der Waals surface area contributed by atoms with Gasteiger partial charge in [0.05, 0.1) is 5.56 Å². The van der Waals surface area contributed by atoms with Crippen molar-refractivity contribution in [2.45, 2.75) is 13.8 Å². The first-order chi connectivity index (χ1) is 14.2. The van der Waals surface area contributed by atoms with Crippen LogP contribution in [0.3, 0.4) is 0 Å². The summed E-state index contributed by atoms with van der Waals surface area (Å²) in [6.45, 7) is 4.21. The van der Waals surface area contributed by atoms with Crippen LogP contribution in [0.25, 0.3) is 44.8 Å². The van der Waals surface area contributed by atoms with Gasteiger partial charge in [-0.2, -0.15) is 0 Å². The lowest BCUT2D eigenvalue weighted by atomic mass is 9.91. The fraction of sp³-hybridized carbons (Fsp3) is 0.0741. The van der Waals surface area contributed by atoms with Gasteiger partial charge in [-0.25, -0.2) is 4.98 Å². The van der Waals surface area contributed by atoms with Crippen LogP contribution in [0.4, 0.5) is 0 Å². The number of aryl methyl sites for hydroxylation is 2. The van der Waals surface area contributed by atoms with Gasteiger partial charge in [0.15, 0.2) is 5.58 Å². The highest BCUT2D eigenvalue weighted by Gasteiger charge is 2.19. The molecule has 0 amide bonds. The standard InChI is InChI=1S/C27H21NO/c1-18-10-14-20(15-11-18)22-6-5-7-23(21-16-12-19(2)13-17-21)26(22)27-28-24-8-3-4-9-25(24)29-27/h3-17H,1-2H3. The minimum atomic E-state index is 0.651. The van der Waals surface area contributed by atoms with Crippen molar-refractivity contribution in [3.05, 3.63) is 102 Å². The summed E-state index contributed by atoms with van der Waals surface area (Å²) < 4.78 is 6.21. The molecular formula is C27H21NO. The summed E-state index contributed by atoms with van der Waals surface area (Å²) in [7, 11) is 0. The second-order valence-corrected chi connectivity index (χ2v) is 7.45. The Morgan fingerprint density at radius 2 is 1.14 bits per heavy atom. The van der Waals surface area contributed by atoms with Crippen LogP contribution in [-0.4, -0.2) is 4.98 Å². The lowest BCUT2D eigenvalue weighted by Gasteiger charge is -2.13. The van der Waals surface area contributed by atoms with E-state index in [0.717, 1.165) is 38.9 Å². The second kappa shape index (κ2) is 7.06. The van der Waals surface area contributed by atoms with E-state index in [1.165, 1.54) is 11.1 Å².